The first-order valence-electron chi connectivity index (χ1n) is 6.60. The predicted molar refractivity (Wildman–Crippen MR) is 86.6 cm³/mol. The molecule has 1 rings (SSSR count). The van der Waals surface area contributed by atoms with Crippen LogP contribution in [0.15, 0.2) is 24.4 Å². The van der Waals surface area contributed by atoms with Crippen LogP contribution < -0.4 is 5.73 Å². The molecule has 118 valence electrons. The van der Waals surface area contributed by atoms with E-state index in [1.807, 2.05) is 12.1 Å². The molecule has 21 heavy (non-hydrogen) atoms. The fourth-order valence-corrected chi connectivity index (χ4v) is 3.27. The number of aryl methyl sites for hydroxylation is 1. The molecule has 8 heteroatoms. The third kappa shape index (κ3) is 6.94. The number of hydrogen-bond donors (Lipinski definition) is 1. The minimum atomic E-state index is -3.39. The smallest absolute Gasteiger partial charge is 0.214 e. The van der Waals surface area contributed by atoms with Gasteiger partial charge >= 0.3 is 0 Å². The Labute approximate surface area is 131 Å². The van der Waals surface area contributed by atoms with Crippen LogP contribution in [0, 0.1) is 0 Å². The van der Waals surface area contributed by atoms with E-state index in [1.54, 1.807) is 12.3 Å². The summed E-state index contributed by atoms with van der Waals surface area (Å²) in [7, 11) is -1.86. The largest absolute Gasteiger partial charge is 0.393 e. The van der Waals surface area contributed by atoms with Crippen molar-refractivity contribution < 1.29 is 13.2 Å². The quantitative estimate of drug-likeness (QED) is 0.631. The van der Waals surface area contributed by atoms with Gasteiger partial charge in [0, 0.05) is 44.9 Å². The molecule has 0 unspecified atom stereocenters. The Morgan fingerprint density at radius 3 is 2.76 bits per heavy atom. The molecular formula is C13H21N3O3S2. The molecular weight excluding hydrogens is 310 g/mol. The number of pyridine rings is 1. The Morgan fingerprint density at radius 2 is 2.19 bits per heavy atom. The van der Waals surface area contributed by atoms with Gasteiger partial charge in [-0.1, -0.05) is 18.3 Å². The number of rotatable bonds is 10. The average Bonchev–Trinajstić information content (AvgIpc) is 2.46. The molecule has 0 aliphatic rings. The third-order valence-corrected chi connectivity index (χ3v) is 4.96. The number of thiocarbonyl (C=S) groups is 1. The van der Waals surface area contributed by atoms with Gasteiger partial charge in [0.05, 0.1) is 17.3 Å². The number of ether oxygens (including phenoxy) is 1. The van der Waals surface area contributed by atoms with Crippen molar-refractivity contribution in [1.29, 1.82) is 0 Å². The van der Waals surface area contributed by atoms with Crippen molar-refractivity contribution in [1.82, 2.24) is 9.29 Å². The second kappa shape index (κ2) is 9.04. The summed E-state index contributed by atoms with van der Waals surface area (Å²) in [5.41, 5.74) is 6.20. The monoisotopic (exact) mass is 331 g/mol. The van der Waals surface area contributed by atoms with Crippen LogP contribution in [0.2, 0.25) is 0 Å². The van der Waals surface area contributed by atoms with Crippen LogP contribution >= 0.6 is 12.2 Å². The van der Waals surface area contributed by atoms with Crippen LogP contribution in [0.3, 0.4) is 0 Å². The van der Waals surface area contributed by atoms with Crippen molar-refractivity contribution >= 4 is 27.2 Å². The van der Waals surface area contributed by atoms with Gasteiger partial charge < -0.3 is 10.5 Å². The topological polar surface area (TPSA) is 85.5 Å². The highest BCUT2D eigenvalue weighted by Crippen LogP contribution is 2.06. The maximum Gasteiger partial charge on any atom is 0.214 e. The number of sulfonamides is 1. The van der Waals surface area contributed by atoms with Gasteiger partial charge in [-0.2, -0.15) is 4.31 Å². The van der Waals surface area contributed by atoms with Gasteiger partial charge in [-0.25, -0.2) is 8.42 Å². The van der Waals surface area contributed by atoms with E-state index in [2.05, 4.69) is 4.98 Å². The van der Waals surface area contributed by atoms with E-state index in [9.17, 15) is 8.42 Å². The van der Waals surface area contributed by atoms with Crippen LogP contribution in [0.5, 0.6) is 0 Å². The number of nitrogens with zero attached hydrogens (tertiary/aromatic N) is 2. The molecule has 0 saturated heterocycles. The van der Waals surface area contributed by atoms with Crippen LogP contribution in [0.4, 0.5) is 0 Å². The highest BCUT2D eigenvalue weighted by molar-refractivity contribution is 7.89. The van der Waals surface area contributed by atoms with E-state index in [4.69, 9.17) is 22.7 Å². The molecule has 0 amide bonds. The molecule has 1 aromatic rings. The van der Waals surface area contributed by atoms with Crippen molar-refractivity contribution in [2.24, 2.45) is 5.73 Å². The average molecular weight is 331 g/mol. The summed E-state index contributed by atoms with van der Waals surface area (Å²) in [6.07, 6.45) is 2.39. The highest BCUT2D eigenvalue weighted by Gasteiger charge is 2.21. The Hall–Kier alpha value is -1.09. The van der Waals surface area contributed by atoms with Crippen molar-refractivity contribution in [3.05, 3.63) is 30.1 Å². The zero-order chi connectivity index (χ0) is 15.7. The summed E-state index contributed by atoms with van der Waals surface area (Å²) < 4.78 is 31.1. The lowest BCUT2D eigenvalue weighted by atomic mass is 10.3. The van der Waals surface area contributed by atoms with Crippen molar-refractivity contribution in [3.8, 4) is 0 Å². The van der Waals surface area contributed by atoms with Crippen LogP contribution in [-0.4, -0.2) is 55.3 Å². The fraction of sp³-hybridized carbons (Fsp3) is 0.538. The molecule has 6 nitrogen and oxygen atoms in total. The van der Waals surface area contributed by atoms with E-state index < -0.39 is 10.0 Å². The lowest BCUT2D eigenvalue weighted by Crippen LogP contribution is -2.38. The number of hydrogen-bond acceptors (Lipinski definition) is 5. The van der Waals surface area contributed by atoms with E-state index in [0.717, 1.165) is 5.69 Å². The standard InChI is InChI=1S/C13H21N3O3S2/c1-19-10-9-16(8-5-13(14)20)21(17,18)11-6-12-4-2-3-7-15-12/h2-4,7H,5-6,8-11H2,1H3,(H2,14,20). The number of aromatic nitrogens is 1. The van der Waals surface area contributed by atoms with Gasteiger partial charge in [-0.05, 0) is 12.1 Å². The first kappa shape index (κ1) is 18.0. The zero-order valence-corrected chi connectivity index (χ0v) is 13.7. The first-order chi connectivity index (χ1) is 9.95. The molecule has 1 aromatic heterocycles. The molecule has 0 bridgehead atoms. The second-order valence-corrected chi connectivity index (χ2v) is 7.11. The first-order valence-corrected chi connectivity index (χ1v) is 8.62. The molecule has 0 atom stereocenters. The van der Waals surface area contributed by atoms with Crippen LogP contribution in [-0.2, 0) is 21.2 Å². The van der Waals surface area contributed by atoms with Gasteiger partial charge in [0.15, 0.2) is 0 Å². The SMILES string of the molecule is COCCN(CCC(N)=S)S(=O)(=O)CCc1ccccn1. The van der Waals surface area contributed by atoms with Crippen LogP contribution in [0.25, 0.3) is 0 Å². The molecule has 0 aromatic carbocycles. The minimum absolute atomic E-state index is 0.00502. The van der Waals surface area contributed by atoms with Gasteiger partial charge in [0.25, 0.3) is 0 Å². The Balaban J connectivity index is 2.66. The third-order valence-electron chi connectivity index (χ3n) is 2.89. The van der Waals surface area contributed by atoms with E-state index in [0.29, 0.717) is 31.0 Å². The second-order valence-electron chi connectivity index (χ2n) is 4.50. The summed E-state index contributed by atoms with van der Waals surface area (Å²) in [4.78, 5) is 4.43. The lowest BCUT2D eigenvalue weighted by Gasteiger charge is -2.21. The summed E-state index contributed by atoms with van der Waals surface area (Å²) in [5, 5.41) is 0. The van der Waals surface area contributed by atoms with Gasteiger partial charge in [0.2, 0.25) is 10.0 Å². The van der Waals surface area contributed by atoms with E-state index in [1.165, 1.54) is 11.4 Å². The Kier molecular flexibility index (Phi) is 7.73. The minimum Gasteiger partial charge on any atom is -0.393 e. The molecule has 0 aliphatic carbocycles. The number of methoxy groups -OCH3 is 1. The summed E-state index contributed by atoms with van der Waals surface area (Å²) in [6.45, 7) is 0.910. The molecule has 1 heterocycles. The van der Waals surface area contributed by atoms with Gasteiger partial charge in [0.1, 0.15) is 0 Å². The lowest BCUT2D eigenvalue weighted by molar-refractivity contribution is 0.179. The molecule has 0 saturated carbocycles. The number of nitrogens with two attached hydrogens (primary N) is 1. The van der Waals surface area contributed by atoms with Crippen molar-refractivity contribution in [2.45, 2.75) is 12.8 Å². The van der Waals surface area contributed by atoms with Crippen molar-refractivity contribution in [2.75, 3.05) is 32.6 Å². The van der Waals surface area contributed by atoms with Gasteiger partial charge in [-0.3, -0.25) is 4.98 Å². The summed E-state index contributed by atoms with van der Waals surface area (Å²) in [6, 6.07) is 5.44. The molecule has 0 radical (unpaired) electrons. The highest BCUT2D eigenvalue weighted by atomic mass is 32.2. The van der Waals surface area contributed by atoms with Gasteiger partial charge in [-0.15, -0.1) is 0 Å². The molecule has 0 spiro atoms. The summed E-state index contributed by atoms with van der Waals surface area (Å²) in [5.74, 6) is 0.00502. The van der Waals surface area contributed by atoms with E-state index in [-0.39, 0.29) is 12.3 Å². The van der Waals surface area contributed by atoms with E-state index >= 15 is 0 Å². The normalized spacial score (nSPS) is 11.7. The maximum atomic E-state index is 12.4. The zero-order valence-electron chi connectivity index (χ0n) is 12.1. The Morgan fingerprint density at radius 1 is 1.43 bits per heavy atom. The summed E-state index contributed by atoms with van der Waals surface area (Å²) >= 11 is 4.81. The molecule has 0 aliphatic heterocycles. The molecule has 2 N–H and O–H groups in total. The molecule has 0 fully saturated rings. The maximum absolute atomic E-state index is 12.4. The predicted octanol–water partition coefficient (Wildman–Crippen LogP) is 0.579. The fourth-order valence-electron chi connectivity index (χ4n) is 1.73. The Bertz CT molecular complexity index is 535. The van der Waals surface area contributed by atoms with Crippen LogP contribution in [0.1, 0.15) is 12.1 Å². The van der Waals surface area contributed by atoms with Crippen molar-refractivity contribution in [3.63, 3.8) is 0 Å².